The molecule has 3 aliphatic rings. The number of hydrogen-bond acceptors (Lipinski definition) is 5. The van der Waals surface area contributed by atoms with Gasteiger partial charge in [-0.25, -0.2) is 13.2 Å². The number of nitrogens with zero attached hydrogens (tertiary/aromatic N) is 1. The van der Waals surface area contributed by atoms with Crippen molar-refractivity contribution in [2.75, 3.05) is 6.61 Å². The second-order valence-electron chi connectivity index (χ2n) is 7.90. The molecule has 1 saturated heterocycles. The summed E-state index contributed by atoms with van der Waals surface area (Å²) in [6.45, 7) is 3.63. The summed E-state index contributed by atoms with van der Waals surface area (Å²) in [5.41, 5.74) is -0.492. The van der Waals surface area contributed by atoms with Gasteiger partial charge < -0.3 is 4.74 Å². The first kappa shape index (κ1) is 18.5. The van der Waals surface area contributed by atoms with Crippen molar-refractivity contribution in [2.45, 2.75) is 49.1 Å². The second kappa shape index (κ2) is 5.77. The van der Waals surface area contributed by atoms with Crippen LogP contribution < -0.4 is 0 Å². The summed E-state index contributed by atoms with van der Waals surface area (Å²) in [4.78, 5) is 27.2. The van der Waals surface area contributed by atoms with Crippen molar-refractivity contribution < 1.29 is 22.7 Å². The molecule has 2 heterocycles. The van der Waals surface area contributed by atoms with Gasteiger partial charge in [-0.1, -0.05) is 42.0 Å². The lowest BCUT2D eigenvalue weighted by Gasteiger charge is -2.22. The highest BCUT2D eigenvalue weighted by Crippen LogP contribution is 2.71. The Hall–Kier alpha value is -2.51. The van der Waals surface area contributed by atoms with E-state index in [4.69, 9.17) is 4.74 Å². The van der Waals surface area contributed by atoms with Gasteiger partial charge in [0.1, 0.15) is 5.54 Å². The Morgan fingerprint density at radius 3 is 2.72 bits per heavy atom. The number of fused-ring (bicyclic) bond motifs is 6. The molecule has 2 aliphatic heterocycles. The van der Waals surface area contributed by atoms with Crippen molar-refractivity contribution in [1.29, 1.82) is 0 Å². The fourth-order valence-electron chi connectivity index (χ4n) is 5.31. The minimum atomic E-state index is -4.00. The van der Waals surface area contributed by atoms with E-state index in [-0.39, 0.29) is 23.7 Å². The maximum atomic E-state index is 13.8. The molecule has 0 aromatic heterocycles. The number of aryl methyl sites for hydroxylation is 2. The minimum absolute atomic E-state index is 0.0899. The third-order valence-corrected chi connectivity index (χ3v) is 8.41. The topological polar surface area (TPSA) is 80.5 Å². The molecular formula is C22H21NO5S. The molecule has 150 valence electrons. The van der Waals surface area contributed by atoms with Crippen LogP contribution in [-0.2, 0) is 31.5 Å². The molecule has 0 amide bonds. The molecule has 1 spiro atoms. The molecule has 2 aromatic rings. The standard InChI is InChI=1S/C22H21NO5S/c1-3-28-20(25)22-17-13-14(2)10-11-18(17)29(26,27)23(22)21(22)12-6-8-15-7-4-5-9-16(15)19(21)24/h4-5,7,9-11,13H,3,6,8,12H2,1-2H3/t21-,22-,23?/m1/s1. The third-order valence-electron chi connectivity index (χ3n) is 6.44. The summed E-state index contributed by atoms with van der Waals surface area (Å²) in [6.07, 6.45) is 1.56. The van der Waals surface area contributed by atoms with Crippen molar-refractivity contribution in [3.63, 3.8) is 0 Å². The van der Waals surface area contributed by atoms with E-state index in [2.05, 4.69) is 0 Å². The molecule has 0 radical (unpaired) electrons. The normalized spacial score (nSPS) is 30.8. The molecular weight excluding hydrogens is 390 g/mol. The number of rotatable bonds is 2. The number of ketones is 1. The van der Waals surface area contributed by atoms with Gasteiger partial charge in [0, 0.05) is 11.1 Å². The summed E-state index contributed by atoms with van der Waals surface area (Å²) in [6, 6.07) is 12.2. The first-order valence-electron chi connectivity index (χ1n) is 9.80. The Labute approximate surface area is 169 Å². The molecule has 1 unspecified atom stereocenters. The van der Waals surface area contributed by atoms with E-state index in [1.165, 1.54) is 6.07 Å². The molecule has 0 N–H and O–H groups in total. The van der Waals surface area contributed by atoms with Gasteiger partial charge in [0.05, 0.1) is 11.5 Å². The maximum Gasteiger partial charge on any atom is 0.334 e. The summed E-state index contributed by atoms with van der Waals surface area (Å²) in [5, 5.41) is 0. The quantitative estimate of drug-likeness (QED) is 0.561. The highest BCUT2D eigenvalue weighted by molar-refractivity contribution is 7.90. The summed E-state index contributed by atoms with van der Waals surface area (Å²) >= 11 is 0. The van der Waals surface area contributed by atoms with Crippen LogP contribution in [0.15, 0.2) is 47.4 Å². The predicted octanol–water partition coefficient (Wildman–Crippen LogP) is 2.73. The predicted molar refractivity (Wildman–Crippen MR) is 105 cm³/mol. The Bertz CT molecular complexity index is 1190. The van der Waals surface area contributed by atoms with E-state index in [1.807, 2.05) is 19.1 Å². The van der Waals surface area contributed by atoms with Crippen LogP contribution in [0.2, 0.25) is 0 Å². The fraction of sp³-hybridized carbons (Fsp3) is 0.364. The SMILES string of the molecule is CCOC(=O)[C@@]12c3cc(C)ccc3S(=O)(=O)N1[C@@]21CCCc2ccccc2C1=O. The molecule has 0 bridgehead atoms. The number of sulfonamides is 1. The van der Waals surface area contributed by atoms with Gasteiger partial charge in [0.2, 0.25) is 10.0 Å². The zero-order chi connectivity index (χ0) is 20.6. The highest BCUT2D eigenvalue weighted by atomic mass is 32.2. The first-order valence-corrected chi connectivity index (χ1v) is 11.2. The molecule has 7 heteroatoms. The van der Waals surface area contributed by atoms with Gasteiger partial charge >= 0.3 is 5.97 Å². The summed E-state index contributed by atoms with van der Waals surface area (Å²) < 4.78 is 33.4. The van der Waals surface area contributed by atoms with Gasteiger partial charge in [-0.2, -0.15) is 4.31 Å². The van der Waals surface area contributed by atoms with Gasteiger partial charge in [0.15, 0.2) is 11.3 Å². The van der Waals surface area contributed by atoms with Crippen LogP contribution in [0.4, 0.5) is 0 Å². The average molecular weight is 411 g/mol. The van der Waals surface area contributed by atoms with Gasteiger partial charge in [0.25, 0.3) is 0 Å². The van der Waals surface area contributed by atoms with Crippen LogP contribution in [0.1, 0.15) is 46.8 Å². The molecule has 0 saturated carbocycles. The molecule has 29 heavy (non-hydrogen) atoms. The van der Waals surface area contributed by atoms with Crippen LogP contribution in [0.5, 0.6) is 0 Å². The second-order valence-corrected chi connectivity index (χ2v) is 9.66. The smallest absolute Gasteiger partial charge is 0.334 e. The number of carbonyl (C=O) groups excluding carboxylic acids is 2. The monoisotopic (exact) mass is 411 g/mol. The van der Waals surface area contributed by atoms with E-state index in [0.717, 1.165) is 15.4 Å². The van der Waals surface area contributed by atoms with E-state index in [9.17, 15) is 18.0 Å². The Balaban J connectivity index is 1.82. The lowest BCUT2D eigenvalue weighted by Crippen LogP contribution is -2.40. The minimum Gasteiger partial charge on any atom is -0.464 e. The molecule has 2 aromatic carbocycles. The summed E-state index contributed by atoms with van der Waals surface area (Å²) in [5.74, 6) is -0.977. The summed E-state index contributed by atoms with van der Waals surface area (Å²) in [7, 11) is -4.00. The average Bonchev–Trinajstić information content (AvgIpc) is 3.30. The molecule has 1 fully saturated rings. The lowest BCUT2D eigenvalue weighted by molar-refractivity contribution is -0.147. The van der Waals surface area contributed by atoms with Crippen molar-refractivity contribution in [1.82, 2.24) is 4.31 Å². The van der Waals surface area contributed by atoms with Crippen LogP contribution in [0.25, 0.3) is 0 Å². The van der Waals surface area contributed by atoms with Crippen molar-refractivity contribution in [2.24, 2.45) is 0 Å². The van der Waals surface area contributed by atoms with Gasteiger partial charge in [-0.05, 0) is 44.7 Å². The third kappa shape index (κ3) is 1.97. The number of Topliss-reactive ketones (excluding diaryl/α,β-unsaturated/α-hetero) is 1. The Kier molecular flexibility index (Phi) is 3.68. The largest absolute Gasteiger partial charge is 0.464 e. The number of carbonyl (C=O) groups is 2. The lowest BCUT2D eigenvalue weighted by atomic mass is 9.79. The van der Waals surface area contributed by atoms with Gasteiger partial charge in [-0.3, -0.25) is 4.79 Å². The molecule has 1 aliphatic carbocycles. The number of hydrogen-bond donors (Lipinski definition) is 0. The fourth-order valence-corrected chi connectivity index (χ4v) is 7.60. The van der Waals surface area contributed by atoms with Crippen molar-refractivity contribution in [3.05, 3.63) is 64.7 Å². The van der Waals surface area contributed by atoms with E-state index < -0.39 is 27.1 Å². The van der Waals surface area contributed by atoms with Crippen LogP contribution in [0.3, 0.4) is 0 Å². The first-order chi connectivity index (χ1) is 13.8. The number of benzene rings is 2. The Morgan fingerprint density at radius 2 is 1.97 bits per heavy atom. The van der Waals surface area contributed by atoms with Crippen LogP contribution >= 0.6 is 0 Å². The molecule has 3 atom stereocenters. The number of esters is 1. The van der Waals surface area contributed by atoms with E-state index in [1.54, 1.807) is 31.2 Å². The Morgan fingerprint density at radius 1 is 1.21 bits per heavy atom. The van der Waals surface area contributed by atoms with Gasteiger partial charge in [-0.15, -0.1) is 0 Å². The van der Waals surface area contributed by atoms with E-state index >= 15 is 0 Å². The van der Waals surface area contributed by atoms with Crippen LogP contribution in [-0.4, -0.2) is 36.6 Å². The highest BCUT2D eigenvalue weighted by Gasteiger charge is 2.91. The van der Waals surface area contributed by atoms with Crippen LogP contribution in [0, 0.1) is 6.92 Å². The van der Waals surface area contributed by atoms with E-state index in [0.29, 0.717) is 24.0 Å². The molecule has 6 nitrogen and oxygen atoms in total. The maximum absolute atomic E-state index is 13.8. The zero-order valence-electron chi connectivity index (χ0n) is 16.3. The van der Waals surface area contributed by atoms with Crippen molar-refractivity contribution in [3.8, 4) is 0 Å². The van der Waals surface area contributed by atoms with Crippen molar-refractivity contribution >= 4 is 21.8 Å². The number of ether oxygens (including phenoxy) is 1. The molecule has 5 rings (SSSR count). The zero-order valence-corrected chi connectivity index (χ0v) is 17.1.